The average molecular weight is 114 g/mol. The molecule has 0 aliphatic carbocycles. The van der Waals surface area contributed by atoms with Crippen LogP contribution in [0.3, 0.4) is 0 Å². The summed E-state index contributed by atoms with van der Waals surface area (Å²) in [6.07, 6.45) is 5.73. The maximum Gasteiger partial charge on any atom is 0.0546 e. The van der Waals surface area contributed by atoms with Gasteiger partial charge in [-0.2, -0.15) is 0 Å². The van der Waals surface area contributed by atoms with E-state index in [1.807, 2.05) is 6.08 Å². The standard InChI is InChI=1S/C7H14O/c1-3-4-5-6-7(2)8/h4-5,7-8H,3,6H2,1-2H3/b5-4+/t7-/m1/s1. The molecule has 1 N–H and O–H groups in total. The van der Waals surface area contributed by atoms with Gasteiger partial charge >= 0.3 is 0 Å². The smallest absolute Gasteiger partial charge is 0.0546 e. The summed E-state index contributed by atoms with van der Waals surface area (Å²) in [6.45, 7) is 3.87. The molecule has 0 saturated carbocycles. The van der Waals surface area contributed by atoms with Gasteiger partial charge in [0.1, 0.15) is 0 Å². The number of rotatable bonds is 3. The molecule has 8 heavy (non-hydrogen) atoms. The predicted octanol–water partition coefficient (Wildman–Crippen LogP) is 1.72. The van der Waals surface area contributed by atoms with E-state index in [-0.39, 0.29) is 6.10 Å². The Kier molecular flexibility index (Phi) is 4.67. The summed E-state index contributed by atoms with van der Waals surface area (Å²) in [6, 6.07) is 0. The van der Waals surface area contributed by atoms with E-state index in [1.54, 1.807) is 6.92 Å². The summed E-state index contributed by atoms with van der Waals surface area (Å²) in [5.41, 5.74) is 0. The van der Waals surface area contributed by atoms with Crippen LogP contribution in [0.1, 0.15) is 26.7 Å². The normalized spacial score (nSPS) is 14.9. The van der Waals surface area contributed by atoms with Crippen LogP contribution in [0.4, 0.5) is 0 Å². The first kappa shape index (κ1) is 7.70. The van der Waals surface area contributed by atoms with Crippen LogP contribution in [0.2, 0.25) is 0 Å². The van der Waals surface area contributed by atoms with Crippen molar-refractivity contribution >= 4 is 0 Å². The third-order valence-electron chi connectivity index (χ3n) is 0.880. The molecule has 0 aliphatic heterocycles. The van der Waals surface area contributed by atoms with Gasteiger partial charge in [-0.3, -0.25) is 0 Å². The Hall–Kier alpha value is -0.300. The molecule has 0 aromatic heterocycles. The molecule has 1 heteroatoms. The van der Waals surface area contributed by atoms with E-state index in [0.717, 1.165) is 12.8 Å². The van der Waals surface area contributed by atoms with Gasteiger partial charge in [0.2, 0.25) is 0 Å². The zero-order chi connectivity index (χ0) is 6.41. The lowest BCUT2D eigenvalue weighted by atomic mass is 10.2. The molecule has 0 fully saturated rings. The molecule has 1 atom stereocenters. The highest BCUT2D eigenvalue weighted by Gasteiger charge is 1.86. The van der Waals surface area contributed by atoms with Crippen molar-refractivity contribution in [1.82, 2.24) is 0 Å². The summed E-state index contributed by atoms with van der Waals surface area (Å²) >= 11 is 0. The van der Waals surface area contributed by atoms with E-state index in [1.165, 1.54) is 0 Å². The van der Waals surface area contributed by atoms with Crippen molar-refractivity contribution in [3.8, 4) is 0 Å². The minimum atomic E-state index is -0.183. The summed E-state index contributed by atoms with van der Waals surface area (Å²) in [5, 5.41) is 8.73. The van der Waals surface area contributed by atoms with E-state index in [9.17, 15) is 0 Å². The second kappa shape index (κ2) is 4.85. The Morgan fingerprint density at radius 1 is 1.50 bits per heavy atom. The lowest BCUT2D eigenvalue weighted by molar-refractivity contribution is 0.198. The number of allylic oxidation sites excluding steroid dienone is 1. The molecule has 0 radical (unpaired) electrons. The maximum absolute atomic E-state index is 8.73. The Labute approximate surface area is 51.0 Å². The van der Waals surface area contributed by atoms with Gasteiger partial charge in [-0.1, -0.05) is 19.1 Å². The van der Waals surface area contributed by atoms with Gasteiger partial charge < -0.3 is 5.11 Å². The van der Waals surface area contributed by atoms with Crippen LogP contribution < -0.4 is 0 Å². The van der Waals surface area contributed by atoms with Crippen molar-refractivity contribution in [2.45, 2.75) is 32.8 Å². The number of hydrogen-bond donors (Lipinski definition) is 1. The molecule has 0 amide bonds. The van der Waals surface area contributed by atoms with Gasteiger partial charge in [-0.25, -0.2) is 0 Å². The highest BCUT2D eigenvalue weighted by atomic mass is 16.3. The van der Waals surface area contributed by atoms with Crippen molar-refractivity contribution < 1.29 is 5.11 Å². The first-order valence-corrected chi connectivity index (χ1v) is 3.10. The molecule has 0 aliphatic rings. The van der Waals surface area contributed by atoms with Crippen molar-refractivity contribution in [2.24, 2.45) is 0 Å². The molecule has 0 spiro atoms. The Morgan fingerprint density at radius 3 is 2.50 bits per heavy atom. The lowest BCUT2D eigenvalue weighted by Gasteiger charge is -1.94. The van der Waals surface area contributed by atoms with Gasteiger partial charge in [0.05, 0.1) is 6.10 Å². The molecule has 48 valence electrons. The van der Waals surface area contributed by atoms with Crippen molar-refractivity contribution in [1.29, 1.82) is 0 Å². The molecule has 0 saturated heterocycles. The van der Waals surface area contributed by atoms with Crippen LogP contribution in [-0.2, 0) is 0 Å². The van der Waals surface area contributed by atoms with Gasteiger partial charge in [0.25, 0.3) is 0 Å². The summed E-state index contributed by atoms with van der Waals surface area (Å²) in [7, 11) is 0. The van der Waals surface area contributed by atoms with Crippen molar-refractivity contribution in [2.75, 3.05) is 0 Å². The Balaban J connectivity index is 3.03. The van der Waals surface area contributed by atoms with Crippen molar-refractivity contribution in [3.63, 3.8) is 0 Å². The number of aliphatic hydroxyl groups excluding tert-OH is 1. The molecule has 0 rings (SSSR count). The molecule has 0 heterocycles. The zero-order valence-electron chi connectivity index (χ0n) is 5.59. The highest BCUT2D eigenvalue weighted by Crippen LogP contribution is 1.91. The molecule has 0 aromatic rings. The van der Waals surface area contributed by atoms with Crippen LogP contribution in [-0.4, -0.2) is 11.2 Å². The molecule has 0 aromatic carbocycles. The quantitative estimate of drug-likeness (QED) is 0.554. The second-order valence-corrected chi connectivity index (χ2v) is 1.96. The van der Waals surface area contributed by atoms with Gasteiger partial charge in [-0.05, 0) is 19.8 Å². The minimum absolute atomic E-state index is 0.183. The number of aliphatic hydroxyl groups is 1. The van der Waals surface area contributed by atoms with Gasteiger partial charge in [-0.15, -0.1) is 0 Å². The highest BCUT2D eigenvalue weighted by molar-refractivity contribution is 4.81. The number of hydrogen-bond acceptors (Lipinski definition) is 1. The summed E-state index contributed by atoms with van der Waals surface area (Å²) in [4.78, 5) is 0. The fraction of sp³-hybridized carbons (Fsp3) is 0.714. The molecule has 1 nitrogen and oxygen atoms in total. The predicted molar refractivity (Wildman–Crippen MR) is 35.7 cm³/mol. The summed E-state index contributed by atoms with van der Waals surface area (Å²) < 4.78 is 0. The van der Waals surface area contributed by atoms with E-state index in [4.69, 9.17) is 5.11 Å². The van der Waals surface area contributed by atoms with Crippen molar-refractivity contribution in [3.05, 3.63) is 12.2 Å². The monoisotopic (exact) mass is 114 g/mol. The van der Waals surface area contributed by atoms with E-state index in [0.29, 0.717) is 0 Å². The molecule has 0 bridgehead atoms. The zero-order valence-corrected chi connectivity index (χ0v) is 5.59. The van der Waals surface area contributed by atoms with E-state index < -0.39 is 0 Å². The largest absolute Gasteiger partial charge is 0.393 e. The average Bonchev–Trinajstić information content (AvgIpc) is 1.66. The Bertz CT molecular complexity index is 64.8. The molecule has 0 unspecified atom stereocenters. The Morgan fingerprint density at radius 2 is 2.12 bits per heavy atom. The van der Waals surface area contributed by atoms with E-state index in [2.05, 4.69) is 13.0 Å². The molecular formula is C7H14O. The fourth-order valence-corrected chi connectivity index (χ4v) is 0.460. The molecular weight excluding hydrogens is 100 g/mol. The van der Waals surface area contributed by atoms with Crippen LogP contribution in [0, 0.1) is 0 Å². The van der Waals surface area contributed by atoms with Gasteiger partial charge in [0, 0.05) is 0 Å². The second-order valence-electron chi connectivity index (χ2n) is 1.96. The summed E-state index contributed by atoms with van der Waals surface area (Å²) in [5.74, 6) is 0. The van der Waals surface area contributed by atoms with Crippen LogP contribution in [0.15, 0.2) is 12.2 Å². The minimum Gasteiger partial charge on any atom is -0.393 e. The third-order valence-corrected chi connectivity index (χ3v) is 0.880. The topological polar surface area (TPSA) is 20.2 Å². The lowest BCUT2D eigenvalue weighted by Crippen LogP contribution is -1.94. The first-order chi connectivity index (χ1) is 3.77. The maximum atomic E-state index is 8.73. The third kappa shape index (κ3) is 5.70. The first-order valence-electron chi connectivity index (χ1n) is 3.10. The fourth-order valence-electron chi connectivity index (χ4n) is 0.460. The van der Waals surface area contributed by atoms with Crippen LogP contribution >= 0.6 is 0 Å². The van der Waals surface area contributed by atoms with E-state index >= 15 is 0 Å². The SMILES string of the molecule is CC/C=C/C[C@@H](C)O. The van der Waals surface area contributed by atoms with Crippen LogP contribution in [0.5, 0.6) is 0 Å². The van der Waals surface area contributed by atoms with Gasteiger partial charge in [0.15, 0.2) is 0 Å². The van der Waals surface area contributed by atoms with Crippen LogP contribution in [0.25, 0.3) is 0 Å².